The minimum absolute atomic E-state index is 0.292. The fourth-order valence-electron chi connectivity index (χ4n) is 3.63. The van der Waals surface area contributed by atoms with Crippen molar-refractivity contribution in [2.75, 3.05) is 38.2 Å². The highest BCUT2D eigenvalue weighted by Gasteiger charge is 2.24. The highest BCUT2D eigenvalue weighted by Crippen LogP contribution is 2.22. The molecule has 0 bridgehead atoms. The minimum atomic E-state index is -0.292. The van der Waals surface area contributed by atoms with Crippen LogP contribution in [0.4, 0.5) is 10.3 Å². The third-order valence-corrected chi connectivity index (χ3v) is 5.13. The highest BCUT2D eigenvalue weighted by atomic mass is 19.1. The number of likely N-dealkylation sites (tertiary alicyclic amines) is 1. The average molecular weight is 372 g/mol. The molecule has 1 atom stereocenters. The SMILES string of the molecule is Fc1ccc(Oc2ccnc(NC3CCN(CC4CCOC4)CC3)n2)cc1. The molecule has 1 aromatic heterocycles. The third kappa shape index (κ3) is 5.14. The number of nitrogens with zero attached hydrogens (tertiary/aromatic N) is 3. The maximum Gasteiger partial charge on any atom is 0.226 e. The van der Waals surface area contributed by atoms with E-state index < -0.39 is 0 Å². The van der Waals surface area contributed by atoms with Gasteiger partial charge >= 0.3 is 0 Å². The summed E-state index contributed by atoms with van der Waals surface area (Å²) in [6.07, 6.45) is 5.00. The van der Waals surface area contributed by atoms with Crippen LogP contribution in [0.3, 0.4) is 0 Å². The Kier molecular flexibility index (Phi) is 5.79. The van der Waals surface area contributed by atoms with E-state index in [1.54, 1.807) is 24.4 Å². The van der Waals surface area contributed by atoms with E-state index in [0.29, 0.717) is 29.5 Å². The van der Waals surface area contributed by atoms with Crippen LogP contribution in [0.25, 0.3) is 0 Å². The first-order valence-corrected chi connectivity index (χ1v) is 9.58. The van der Waals surface area contributed by atoms with E-state index in [1.807, 2.05) is 0 Å². The fraction of sp³-hybridized carbons (Fsp3) is 0.500. The summed E-state index contributed by atoms with van der Waals surface area (Å²) in [5, 5.41) is 3.42. The predicted octanol–water partition coefficient (Wildman–Crippen LogP) is 3.32. The van der Waals surface area contributed by atoms with Crippen molar-refractivity contribution in [3.05, 3.63) is 42.3 Å². The lowest BCUT2D eigenvalue weighted by Gasteiger charge is -2.33. The Balaban J connectivity index is 1.27. The van der Waals surface area contributed by atoms with Gasteiger partial charge in [-0.2, -0.15) is 4.98 Å². The number of benzene rings is 1. The largest absolute Gasteiger partial charge is 0.439 e. The maximum atomic E-state index is 13.0. The number of halogens is 1. The van der Waals surface area contributed by atoms with Crippen LogP contribution in [0.1, 0.15) is 19.3 Å². The second-order valence-electron chi connectivity index (χ2n) is 7.22. The molecule has 27 heavy (non-hydrogen) atoms. The summed E-state index contributed by atoms with van der Waals surface area (Å²) in [4.78, 5) is 11.3. The van der Waals surface area contributed by atoms with Crippen LogP contribution in [0, 0.1) is 11.7 Å². The van der Waals surface area contributed by atoms with Crippen molar-refractivity contribution in [3.8, 4) is 11.6 Å². The molecular formula is C20H25FN4O2. The van der Waals surface area contributed by atoms with Crippen molar-refractivity contribution in [2.24, 2.45) is 5.92 Å². The maximum absolute atomic E-state index is 13.0. The topological polar surface area (TPSA) is 59.5 Å². The Morgan fingerprint density at radius 1 is 1.15 bits per heavy atom. The summed E-state index contributed by atoms with van der Waals surface area (Å²) in [7, 11) is 0. The first kappa shape index (κ1) is 18.1. The summed E-state index contributed by atoms with van der Waals surface area (Å²) < 4.78 is 24.1. The quantitative estimate of drug-likeness (QED) is 0.839. The molecule has 0 aliphatic carbocycles. The van der Waals surface area contributed by atoms with Gasteiger partial charge in [0.1, 0.15) is 11.6 Å². The van der Waals surface area contributed by atoms with Crippen molar-refractivity contribution in [2.45, 2.75) is 25.3 Å². The number of hydrogen-bond donors (Lipinski definition) is 1. The van der Waals surface area contributed by atoms with Crippen LogP contribution in [-0.4, -0.2) is 53.8 Å². The average Bonchev–Trinajstić information content (AvgIpc) is 3.19. The number of anilines is 1. The van der Waals surface area contributed by atoms with Gasteiger partial charge in [-0.05, 0) is 49.4 Å². The molecule has 1 unspecified atom stereocenters. The molecule has 0 radical (unpaired) electrons. The van der Waals surface area contributed by atoms with Gasteiger partial charge in [0.2, 0.25) is 11.8 Å². The molecule has 144 valence electrons. The van der Waals surface area contributed by atoms with Gasteiger partial charge in [-0.15, -0.1) is 0 Å². The zero-order valence-electron chi connectivity index (χ0n) is 15.3. The van der Waals surface area contributed by atoms with Crippen LogP contribution in [0.5, 0.6) is 11.6 Å². The second kappa shape index (κ2) is 8.63. The van der Waals surface area contributed by atoms with Gasteiger partial charge < -0.3 is 19.7 Å². The first-order chi connectivity index (χ1) is 13.2. The lowest BCUT2D eigenvalue weighted by atomic mass is 10.0. The molecule has 0 amide bonds. The third-order valence-electron chi connectivity index (χ3n) is 5.13. The van der Waals surface area contributed by atoms with Crippen molar-refractivity contribution >= 4 is 5.95 Å². The van der Waals surface area contributed by atoms with Crippen molar-refractivity contribution in [1.29, 1.82) is 0 Å². The van der Waals surface area contributed by atoms with E-state index in [4.69, 9.17) is 9.47 Å². The normalized spacial score (nSPS) is 21.3. The Morgan fingerprint density at radius 3 is 2.70 bits per heavy atom. The number of ether oxygens (including phenoxy) is 2. The van der Waals surface area contributed by atoms with Gasteiger partial charge in [0.15, 0.2) is 0 Å². The van der Waals surface area contributed by atoms with Crippen molar-refractivity contribution in [3.63, 3.8) is 0 Å². The molecule has 3 heterocycles. The van der Waals surface area contributed by atoms with Crippen LogP contribution < -0.4 is 10.1 Å². The number of piperidine rings is 1. The Bertz CT molecular complexity index is 729. The van der Waals surface area contributed by atoms with Crippen molar-refractivity contribution < 1.29 is 13.9 Å². The fourth-order valence-corrected chi connectivity index (χ4v) is 3.63. The lowest BCUT2D eigenvalue weighted by Crippen LogP contribution is -2.41. The van der Waals surface area contributed by atoms with Crippen LogP contribution in [0.2, 0.25) is 0 Å². The molecule has 4 rings (SSSR count). The standard InChI is InChI=1S/C20H25FN4O2/c21-16-1-3-18(4-2-16)27-19-5-9-22-20(24-19)23-17-6-10-25(11-7-17)13-15-8-12-26-14-15/h1-5,9,15,17H,6-8,10-14H2,(H,22,23,24). The number of aromatic nitrogens is 2. The number of nitrogens with one attached hydrogen (secondary N) is 1. The van der Waals surface area contributed by atoms with E-state index >= 15 is 0 Å². The summed E-state index contributed by atoms with van der Waals surface area (Å²) >= 11 is 0. The van der Waals surface area contributed by atoms with Crippen LogP contribution in [-0.2, 0) is 4.74 Å². The van der Waals surface area contributed by atoms with Crippen LogP contribution in [0.15, 0.2) is 36.5 Å². The van der Waals surface area contributed by atoms with E-state index in [1.165, 1.54) is 18.6 Å². The molecule has 0 saturated carbocycles. The van der Waals surface area contributed by atoms with Crippen molar-refractivity contribution in [1.82, 2.24) is 14.9 Å². The van der Waals surface area contributed by atoms with E-state index in [0.717, 1.165) is 45.7 Å². The Labute approximate surface area is 158 Å². The smallest absolute Gasteiger partial charge is 0.226 e. The zero-order chi connectivity index (χ0) is 18.5. The molecule has 1 aromatic carbocycles. The molecule has 2 fully saturated rings. The Morgan fingerprint density at radius 2 is 1.96 bits per heavy atom. The zero-order valence-corrected chi connectivity index (χ0v) is 15.3. The van der Waals surface area contributed by atoms with E-state index in [2.05, 4.69) is 20.2 Å². The molecule has 1 N–H and O–H groups in total. The highest BCUT2D eigenvalue weighted by molar-refractivity contribution is 5.32. The van der Waals surface area contributed by atoms with Gasteiger partial charge in [-0.1, -0.05) is 0 Å². The van der Waals surface area contributed by atoms with Crippen LogP contribution >= 0.6 is 0 Å². The minimum Gasteiger partial charge on any atom is -0.439 e. The Hall–Kier alpha value is -2.25. The predicted molar refractivity (Wildman–Crippen MR) is 101 cm³/mol. The number of rotatable bonds is 6. The van der Waals surface area contributed by atoms with Gasteiger partial charge in [-0.25, -0.2) is 9.37 Å². The molecular weight excluding hydrogens is 347 g/mol. The summed E-state index contributed by atoms with van der Waals surface area (Å²) in [5.41, 5.74) is 0. The molecule has 7 heteroatoms. The molecule has 0 spiro atoms. The lowest BCUT2D eigenvalue weighted by molar-refractivity contribution is 0.154. The van der Waals surface area contributed by atoms with Gasteiger partial charge in [0.25, 0.3) is 0 Å². The summed E-state index contributed by atoms with van der Waals surface area (Å²) in [5.74, 6) is 1.96. The van der Waals surface area contributed by atoms with Gasteiger partial charge in [0.05, 0.1) is 6.61 Å². The first-order valence-electron chi connectivity index (χ1n) is 9.58. The molecule has 2 aromatic rings. The number of hydrogen-bond acceptors (Lipinski definition) is 6. The van der Waals surface area contributed by atoms with Gasteiger partial charge in [-0.3, -0.25) is 0 Å². The van der Waals surface area contributed by atoms with Gasteiger partial charge in [0, 0.05) is 44.5 Å². The molecule has 6 nitrogen and oxygen atoms in total. The van der Waals surface area contributed by atoms with E-state index in [9.17, 15) is 4.39 Å². The second-order valence-corrected chi connectivity index (χ2v) is 7.22. The molecule has 2 saturated heterocycles. The summed E-state index contributed by atoms with van der Waals surface area (Å²) in [6.45, 7) is 5.13. The molecule has 2 aliphatic heterocycles. The monoisotopic (exact) mass is 372 g/mol. The molecule has 2 aliphatic rings. The van der Waals surface area contributed by atoms with E-state index in [-0.39, 0.29) is 5.82 Å². The summed E-state index contributed by atoms with van der Waals surface area (Å²) in [6, 6.07) is 7.94.